The minimum Gasteiger partial charge on any atom is -0.493 e. The smallest absolute Gasteiger partial charge is 0.344 e. The van der Waals surface area contributed by atoms with Crippen LogP contribution in [0.1, 0.15) is 32.1 Å². The molecule has 0 aliphatic carbocycles. The number of benzene rings is 2. The van der Waals surface area contributed by atoms with Gasteiger partial charge < -0.3 is 9.15 Å². The van der Waals surface area contributed by atoms with Crippen LogP contribution in [-0.4, -0.2) is 6.61 Å². The highest BCUT2D eigenvalue weighted by Crippen LogP contribution is 2.24. The van der Waals surface area contributed by atoms with E-state index in [2.05, 4.69) is 6.58 Å². The SMILES string of the molecule is C=CCCCCCCOc1ccc2cc(-c3ccccc3)c(=O)oc2c1. The van der Waals surface area contributed by atoms with Gasteiger partial charge in [0.1, 0.15) is 11.3 Å². The quantitative estimate of drug-likeness (QED) is 0.271. The van der Waals surface area contributed by atoms with Crippen LogP contribution in [0.25, 0.3) is 22.1 Å². The summed E-state index contributed by atoms with van der Waals surface area (Å²) in [6, 6.07) is 17.1. The van der Waals surface area contributed by atoms with Gasteiger partial charge in [-0.1, -0.05) is 49.2 Å². The minimum atomic E-state index is -0.330. The van der Waals surface area contributed by atoms with Crippen LogP contribution in [0, 0.1) is 0 Å². The molecule has 0 saturated heterocycles. The molecule has 0 aliphatic heterocycles. The van der Waals surface area contributed by atoms with E-state index in [4.69, 9.17) is 9.15 Å². The van der Waals surface area contributed by atoms with Crippen molar-refractivity contribution in [1.82, 2.24) is 0 Å². The van der Waals surface area contributed by atoms with E-state index in [0.717, 1.165) is 36.0 Å². The maximum atomic E-state index is 12.3. The Morgan fingerprint density at radius 2 is 1.77 bits per heavy atom. The summed E-state index contributed by atoms with van der Waals surface area (Å²) < 4.78 is 11.3. The third kappa shape index (κ3) is 4.63. The van der Waals surface area contributed by atoms with Crippen LogP contribution in [0.4, 0.5) is 0 Å². The zero-order valence-electron chi connectivity index (χ0n) is 14.9. The van der Waals surface area contributed by atoms with Crippen molar-refractivity contribution in [3.63, 3.8) is 0 Å². The van der Waals surface area contributed by atoms with E-state index in [1.165, 1.54) is 12.8 Å². The Morgan fingerprint density at radius 3 is 2.58 bits per heavy atom. The summed E-state index contributed by atoms with van der Waals surface area (Å²) in [4.78, 5) is 12.3. The summed E-state index contributed by atoms with van der Waals surface area (Å²) in [5.74, 6) is 0.735. The van der Waals surface area contributed by atoms with Crippen LogP contribution in [0.3, 0.4) is 0 Å². The fourth-order valence-electron chi connectivity index (χ4n) is 2.93. The maximum Gasteiger partial charge on any atom is 0.344 e. The first-order chi connectivity index (χ1) is 12.8. The first kappa shape index (κ1) is 18.0. The molecular weight excluding hydrogens is 324 g/mol. The first-order valence-electron chi connectivity index (χ1n) is 9.15. The number of fused-ring (bicyclic) bond motifs is 1. The Morgan fingerprint density at radius 1 is 0.962 bits per heavy atom. The number of unbranched alkanes of at least 4 members (excludes halogenated alkanes) is 4. The molecule has 2 aromatic carbocycles. The van der Waals surface area contributed by atoms with Crippen LogP contribution >= 0.6 is 0 Å². The van der Waals surface area contributed by atoms with Gasteiger partial charge in [-0.05, 0) is 43.0 Å². The third-order valence-electron chi connectivity index (χ3n) is 4.36. The molecular formula is C23H24O3. The maximum absolute atomic E-state index is 12.3. The molecule has 0 unspecified atom stereocenters. The number of allylic oxidation sites excluding steroid dienone is 1. The van der Waals surface area contributed by atoms with Crippen molar-refractivity contribution in [1.29, 1.82) is 0 Å². The summed E-state index contributed by atoms with van der Waals surface area (Å²) in [6.45, 7) is 4.40. The lowest BCUT2D eigenvalue weighted by atomic mass is 10.1. The van der Waals surface area contributed by atoms with Gasteiger partial charge in [0.05, 0.1) is 12.2 Å². The van der Waals surface area contributed by atoms with Crippen LogP contribution in [0.15, 0.2) is 76.5 Å². The van der Waals surface area contributed by atoms with Crippen molar-refractivity contribution in [2.75, 3.05) is 6.61 Å². The minimum absolute atomic E-state index is 0.330. The molecule has 3 nitrogen and oxygen atoms in total. The van der Waals surface area contributed by atoms with Crippen molar-refractivity contribution in [2.24, 2.45) is 0 Å². The molecule has 0 bridgehead atoms. The molecule has 3 aromatic rings. The second kappa shape index (κ2) is 9.04. The Balaban J connectivity index is 1.66. The molecule has 134 valence electrons. The largest absolute Gasteiger partial charge is 0.493 e. The second-order valence-corrected chi connectivity index (χ2v) is 6.35. The van der Waals surface area contributed by atoms with Crippen LogP contribution in [0.2, 0.25) is 0 Å². The number of hydrogen-bond acceptors (Lipinski definition) is 3. The Kier molecular flexibility index (Phi) is 6.26. The summed E-state index contributed by atoms with van der Waals surface area (Å²) in [6.07, 6.45) is 7.60. The second-order valence-electron chi connectivity index (χ2n) is 6.35. The van der Waals surface area contributed by atoms with E-state index in [9.17, 15) is 4.79 Å². The Bertz CT molecular complexity index is 910. The van der Waals surface area contributed by atoms with Gasteiger partial charge in [0.15, 0.2) is 0 Å². The van der Waals surface area contributed by atoms with Crippen LogP contribution in [0.5, 0.6) is 5.75 Å². The van der Waals surface area contributed by atoms with E-state index in [1.54, 1.807) is 6.07 Å². The zero-order valence-corrected chi connectivity index (χ0v) is 14.9. The summed E-state index contributed by atoms with van der Waals surface area (Å²) in [5.41, 5.74) is 1.66. The van der Waals surface area contributed by atoms with E-state index in [0.29, 0.717) is 17.8 Å². The van der Waals surface area contributed by atoms with E-state index < -0.39 is 0 Å². The lowest BCUT2D eigenvalue weighted by molar-refractivity contribution is 0.304. The highest BCUT2D eigenvalue weighted by Gasteiger charge is 2.08. The molecule has 3 heteroatoms. The van der Waals surface area contributed by atoms with Crippen molar-refractivity contribution in [3.8, 4) is 16.9 Å². The van der Waals surface area contributed by atoms with Gasteiger partial charge in [-0.25, -0.2) is 4.79 Å². The van der Waals surface area contributed by atoms with E-state index in [-0.39, 0.29) is 5.63 Å². The number of ether oxygens (including phenoxy) is 1. The monoisotopic (exact) mass is 348 g/mol. The molecule has 0 spiro atoms. The van der Waals surface area contributed by atoms with Gasteiger partial charge in [-0.3, -0.25) is 0 Å². The molecule has 1 heterocycles. The van der Waals surface area contributed by atoms with Crippen molar-refractivity contribution < 1.29 is 9.15 Å². The topological polar surface area (TPSA) is 39.4 Å². The molecule has 1 aromatic heterocycles. The normalized spacial score (nSPS) is 10.8. The van der Waals surface area contributed by atoms with Gasteiger partial charge >= 0.3 is 5.63 Å². The predicted molar refractivity (Wildman–Crippen MR) is 107 cm³/mol. The lowest BCUT2D eigenvalue weighted by Crippen LogP contribution is -2.03. The molecule has 0 amide bonds. The average Bonchev–Trinajstić information content (AvgIpc) is 2.67. The molecule has 0 fully saturated rings. The van der Waals surface area contributed by atoms with Crippen molar-refractivity contribution >= 4 is 11.0 Å². The molecule has 26 heavy (non-hydrogen) atoms. The predicted octanol–water partition coefficient (Wildman–Crippen LogP) is 5.98. The van der Waals surface area contributed by atoms with Crippen LogP contribution in [-0.2, 0) is 0 Å². The van der Waals surface area contributed by atoms with Crippen molar-refractivity contribution in [3.05, 3.63) is 77.7 Å². The summed E-state index contributed by atoms with van der Waals surface area (Å²) in [5, 5.41) is 0.889. The number of hydrogen-bond donors (Lipinski definition) is 0. The van der Waals surface area contributed by atoms with Crippen LogP contribution < -0.4 is 10.4 Å². The summed E-state index contributed by atoms with van der Waals surface area (Å²) in [7, 11) is 0. The highest BCUT2D eigenvalue weighted by molar-refractivity contribution is 5.82. The molecule has 0 radical (unpaired) electrons. The van der Waals surface area contributed by atoms with Gasteiger partial charge in [0, 0.05) is 11.5 Å². The van der Waals surface area contributed by atoms with Crippen molar-refractivity contribution in [2.45, 2.75) is 32.1 Å². The molecule has 0 saturated carbocycles. The standard InChI is InChI=1S/C23H24O3/c1-2-3-4-5-6-10-15-25-20-14-13-19-16-21(18-11-8-7-9-12-18)23(24)26-22(19)17-20/h2,7-9,11-14,16-17H,1,3-6,10,15H2. The fourth-order valence-corrected chi connectivity index (χ4v) is 2.93. The average molecular weight is 348 g/mol. The first-order valence-corrected chi connectivity index (χ1v) is 9.15. The van der Waals surface area contributed by atoms with Gasteiger partial charge in [0.25, 0.3) is 0 Å². The van der Waals surface area contributed by atoms with E-state index >= 15 is 0 Å². The molecule has 3 rings (SSSR count). The highest BCUT2D eigenvalue weighted by atomic mass is 16.5. The molecule has 0 atom stereocenters. The Hall–Kier alpha value is -2.81. The fraction of sp³-hybridized carbons (Fsp3) is 0.261. The zero-order chi connectivity index (χ0) is 18.2. The van der Waals surface area contributed by atoms with Gasteiger partial charge in [-0.2, -0.15) is 0 Å². The lowest BCUT2D eigenvalue weighted by Gasteiger charge is -2.07. The molecule has 0 N–H and O–H groups in total. The summed E-state index contributed by atoms with van der Waals surface area (Å²) >= 11 is 0. The van der Waals surface area contributed by atoms with E-state index in [1.807, 2.05) is 54.6 Å². The van der Waals surface area contributed by atoms with Gasteiger partial charge in [0.2, 0.25) is 0 Å². The third-order valence-corrected chi connectivity index (χ3v) is 4.36. The Labute approximate surface area is 153 Å². The number of rotatable bonds is 9. The molecule has 0 aliphatic rings. The van der Waals surface area contributed by atoms with Gasteiger partial charge in [-0.15, -0.1) is 6.58 Å².